The van der Waals surface area contributed by atoms with Crippen molar-refractivity contribution >= 4 is 38.9 Å². The van der Waals surface area contributed by atoms with Gasteiger partial charge in [-0.3, -0.25) is 4.98 Å². The molecule has 0 spiro atoms. The summed E-state index contributed by atoms with van der Waals surface area (Å²) in [6.45, 7) is 4.25. The van der Waals surface area contributed by atoms with Crippen LogP contribution in [0.25, 0.3) is 5.69 Å². The minimum Gasteiger partial charge on any atom is -0.351 e. The van der Waals surface area contributed by atoms with Crippen LogP contribution in [0.5, 0.6) is 0 Å². The summed E-state index contributed by atoms with van der Waals surface area (Å²) in [5, 5.41) is 4.26. The molecule has 1 fully saturated rings. The lowest BCUT2D eigenvalue weighted by Gasteiger charge is -2.29. The van der Waals surface area contributed by atoms with Crippen molar-refractivity contribution in [2.45, 2.75) is 25.9 Å². The molecule has 0 bridgehead atoms. The van der Waals surface area contributed by atoms with Crippen LogP contribution < -0.4 is 10.2 Å². The highest BCUT2D eigenvalue weighted by atomic mass is 79.9. The van der Waals surface area contributed by atoms with Crippen LogP contribution in [-0.4, -0.2) is 14.7 Å². The van der Waals surface area contributed by atoms with Gasteiger partial charge in [0.25, 0.3) is 0 Å². The van der Waals surface area contributed by atoms with Gasteiger partial charge < -0.3 is 14.8 Å². The Labute approximate surface area is 202 Å². The number of benzene rings is 2. The Bertz CT molecular complexity index is 1260. The van der Waals surface area contributed by atoms with Crippen LogP contribution in [-0.2, 0) is 0 Å². The summed E-state index contributed by atoms with van der Waals surface area (Å²) in [6, 6.07) is 25.1. The van der Waals surface area contributed by atoms with E-state index in [-0.39, 0.29) is 12.1 Å². The number of aryl methyl sites for hydroxylation is 2. The first kappa shape index (κ1) is 20.9. The lowest BCUT2D eigenvalue weighted by molar-refractivity contribution is 0.549. The van der Waals surface area contributed by atoms with Crippen molar-refractivity contribution in [3.8, 4) is 5.69 Å². The van der Waals surface area contributed by atoms with E-state index in [1.165, 1.54) is 11.1 Å². The Balaban J connectivity index is 1.69. The quantitative estimate of drug-likeness (QED) is 0.326. The number of nitrogens with zero attached hydrogens (tertiary/aromatic N) is 3. The third-order valence-corrected chi connectivity index (χ3v) is 6.56. The molecule has 2 aromatic carbocycles. The number of halogens is 1. The number of aromatic nitrogens is 2. The molecule has 32 heavy (non-hydrogen) atoms. The Kier molecular flexibility index (Phi) is 5.57. The first-order valence-electron chi connectivity index (χ1n) is 10.5. The van der Waals surface area contributed by atoms with Gasteiger partial charge in [0.1, 0.15) is 6.04 Å². The van der Waals surface area contributed by atoms with E-state index >= 15 is 0 Å². The standard InChI is InChI=1S/C26H23BrN4S/c1-17-13-18(2)15-21(14-17)31-25(24(29-26(31)32)22-9-3-4-11-28-22)23-10-6-12-30(23)20-8-5-7-19(27)16-20/h3-16,24-25H,1-2H3,(H,29,32)/t24-,25-/m1/s1. The Morgan fingerprint density at radius 1 is 0.906 bits per heavy atom. The molecule has 5 rings (SSSR count). The van der Waals surface area contributed by atoms with E-state index in [1.54, 1.807) is 0 Å². The molecule has 3 heterocycles. The first-order valence-corrected chi connectivity index (χ1v) is 11.7. The molecule has 6 heteroatoms. The second-order valence-corrected chi connectivity index (χ2v) is 9.43. The lowest BCUT2D eigenvalue weighted by atomic mass is 10.00. The lowest BCUT2D eigenvalue weighted by Crippen LogP contribution is -2.30. The van der Waals surface area contributed by atoms with Gasteiger partial charge in [-0.25, -0.2) is 0 Å². The molecule has 4 nitrogen and oxygen atoms in total. The van der Waals surface area contributed by atoms with E-state index in [1.807, 2.05) is 24.4 Å². The maximum Gasteiger partial charge on any atom is 0.174 e. The zero-order valence-electron chi connectivity index (χ0n) is 17.9. The molecule has 4 aromatic rings. The molecule has 2 aromatic heterocycles. The highest BCUT2D eigenvalue weighted by Gasteiger charge is 2.42. The molecule has 0 saturated carbocycles. The zero-order valence-corrected chi connectivity index (χ0v) is 20.3. The highest BCUT2D eigenvalue weighted by molar-refractivity contribution is 9.10. The van der Waals surface area contributed by atoms with Crippen molar-refractivity contribution in [1.29, 1.82) is 0 Å². The molecule has 160 valence electrons. The van der Waals surface area contributed by atoms with Gasteiger partial charge in [-0.15, -0.1) is 0 Å². The van der Waals surface area contributed by atoms with E-state index in [0.29, 0.717) is 5.11 Å². The third-order valence-electron chi connectivity index (χ3n) is 5.75. The van der Waals surface area contributed by atoms with E-state index in [0.717, 1.165) is 27.2 Å². The second kappa shape index (κ2) is 8.52. The number of pyridine rings is 1. The first-order chi connectivity index (χ1) is 15.5. The second-order valence-electron chi connectivity index (χ2n) is 8.13. The molecule has 1 aliphatic rings. The molecule has 1 aliphatic heterocycles. The average molecular weight is 503 g/mol. The smallest absolute Gasteiger partial charge is 0.174 e. The minimum atomic E-state index is -0.0784. The summed E-state index contributed by atoms with van der Waals surface area (Å²) in [5.74, 6) is 0. The van der Waals surface area contributed by atoms with Crippen LogP contribution >= 0.6 is 28.1 Å². The van der Waals surface area contributed by atoms with Crippen LogP contribution in [0.15, 0.2) is 89.7 Å². The molecule has 2 atom stereocenters. The topological polar surface area (TPSA) is 33.1 Å². The number of anilines is 1. The fraction of sp³-hybridized carbons (Fsp3) is 0.154. The molecular formula is C26H23BrN4S. The number of hydrogen-bond donors (Lipinski definition) is 1. The Morgan fingerprint density at radius 3 is 2.44 bits per heavy atom. The molecule has 0 aliphatic carbocycles. The Hall–Kier alpha value is -2.96. The van der Waals surface area contributed by atoms with E-state index in [2.05, 4.69) is 110 Å². The van der Waals surface area contributed by atoms with Gasteiger partial charge in [0.15, 0.2) is 5.11 Å². The molecule has 0 unspecified atom stereocenters. The van der Waals surface area contributed by atoms with Crippen LogP contribution in [0.4, 0.5) is 5.69 Å². The van der Waals surface area contributed by atoms with Gasteiger partial charge in [-0.05, 0) is 91.8 Å². The zero-order chi connectivity index (χ0) is 22.2. The van der Waals surface area contributed by atoms with E-state index in [4.69, 9.17) is 12.2 Å². The normalized spacial score (nSPS) is 18.1. The van der Waals surface area contributed by atoms with Crippen LogP contribution in [0.2, 0.25) is 0 Å². The number of rotatable bonds is 4. The molecule has 1 N–H and O–H groups in total. The summed E-state index contributed by atoms with van der Waals surface area (Å²) in [7, 11) is 0. The summed E-state index contributed by atoms with van der Waals surface area (Å²) in [6.07, 6.45) is 3.94. The summed E-state index contributed by atoms with van der Waals surface area (Å²) in [5.41, 5.74) is 6.72. The van der Waals surface area contributed by atoms with Gasteiger partial charge >= 0.3 is 0 Å². The van der Waals surface area contributed by atoms with E-state index in [9.17, 15) is 0 Å². The minimum absolute atomic E-state index is 0.0624. The third kappa shape index (κ3) is 3.85. The van der Waals surface area contributed by atoms with Crippen LogP contribution in [0.1, 0.15) is 34.6 Å². The maximum absolute atomic E-state index is 5.89. The van der Waals surface area contributed by atoms with Gasteiger partial charge in [-0.1, -0.05) is 34.1 Å². The van der Waals surface area contributed by atoms with Gasteiger partial charge in [-0.2, -0.15) is 0 Å². The molecule has 0 radical (unpaired) electrons. The number of thiocarbonyl (C=S) groups is 1. The van der Waals surface area contributed by atoms with E-state index < -0.39 is 0 Å². The molecule has 0 amide bonds. The van der Waals surface area contributed by atoms with Crippen molar-refractivity contribution in [2.24, 2.45) is 0 Å². The van der Waals surface area contributed by atoms with Gasteiger partial charge in [0.2, 0.25) is 0 Å². The Morgan fingerprint density at radius 2 is 1.72 bits per heavy atom. The van der Waals surface area contributed by atoms with Crippen molar-refractivity contribution in [2.75, 3.05) is 4.90 Å². The van der Waals surface area contributed by atoms with Crippen LogP contribution in [0, 0.1) is 13.8 Å². The SMILES string of the molecule is Cc1cc(C)cc(N2C(=S)N[C@H](c3ccccn3)[C@H]2c2cccn2-c2cccc(Br)c2)c1. The molecular weight excluding hydrogens is 480 g/mol. The van der Waals surface area contributed by atoms with Crippen molar-refractivity contribution in [3.05, 3.63) is 112 Å². The monoisotopic (exact) mass is 502 g/mol. The number of hydrogen-bond acceptors (Lipinski definition) is 2. The molecule has 1 saturated heterocycles. The fourth-order valence-electron chi connectivity index (χ4n) is 4.52. The highest BCUT2D eigenvalue weighted by Crippen LogP contribution is 2.42. The van der Waals surface area contributed by atoms with Crippen molar-refractivity contribution in [1.82, 2.24) is 14.9 Å². The summed E-state index contributed by atoms with van der Waals surface area (Å²) < 4.78 is 3.28. The predicted molar refractivity (Wildman–Crippen MR) is 137 cm³/mol. The maximum atomic E-state index is 5.89. The fourth-order valence-corrected chi connectivity index (χ4v) is 5.25. The summed E-state index contributed by atoms with van der Waals surface area (Å²) >= 11 is 9.50. The van der Waals surface area contributed by atoms with Gasteiger partial charge in [0.05, 0.1) is 11.7 Å². The summed E-state index contributed by atoms with van der Waals surface area (Å²) in [4.78, 5) is 6.90. The predicted octanol–water partition coefficient (Wildman–Crippen LogP) is 6.43. The van der Waals surface area contributed by atoms with Crippen molar-refractivity contribution in [3.63, 3.8) is 0 Å². The number of nitrogens with one attached hydrogen (secondary N) is 1. The average Bonchev–Trinajstić information content (AvgIpc) is 3.38. The van der Waals surface area contributed by atoms with Gasteiger partial charge in [0, 0.05) is 33.9 Å². The largest absolute Gasteiger partial charge is 0.351 e. The van der Waals surface area contributed by atoms with Crippen molar-refractivity contribution < 1.29 is 0 Å². The van der Waals surface area contributed by atoms with Crippen LogP contribution in [0.3, 0.4) is 0 Å².